The SMILES string of the molecule is CCOc1ccccc1N1CC(C(=O)NCCc2cccc(C(=O)O)c2)CC1=O. The van der Waals surface area contributed by atoms with Crippen LogP contribution in [0.3, 0.4) is 0 Å². The lowest BCUT2D eigenvalue weighted by Gasteiger charge is -2.20. The van der Waals surface area contributed by atoms with E-state index in [1.165, 1.54) is 6.07 Å². The van der Waals surface area contributed by atoms with Crippen LogP contribution in [-0.2, 0) is 16.0 Å². The molecular weight excluding hydrogens is 372 g/mol. The normalized spacial score (nSPS) is 16.0. The van der Waals surface area contributed by atoms with E-state index in [4.69, 9.17) is 9.84 Å². The van der Waals surface area contributed by atoms with E-state index in [1.54, 1.807) is 17.0 Å². The van der Waals surface area contributed by atoms with Crippen molar-refractivity contribution in [1.82, 2.24) is 5.32 Å². The first-order valence-electron chi connectivity index (χ1n) is 9.61. The number of hydrogen-bond acceptors (Lipinski definition) is 4. The lowest BCUT2D eigenvalue weighted by molar-refractivity contribution is -0.126. The van der Waals surface area contributed by atoms with Crippen molar-refractivity contribution in [2.45, 2.75) is 19.8 Å². The Labute approximate surface area is 169 Å². The van der Waals surface area contributed by atoms with Gasteiger partial charge >= 0.3 is 5.97 Å². The summed E-state index contributed by atoms with van der Waals surface area (Å²) in [5.74, 6) is -1.06. The Hall–Kier alpha value is -3.35. The van der Waals surface area contributed by atoms with Gasteiger partial charge in [-0.1, -0.05) is 24.3 Å². The predicted octanol–water partition coefficient (Wildman–Crippen LogP) is 2.50. The minimum Gasteiger partial charge on any atom is -0.492 e. The summed E-state index contributed by atoms with van der Waals surface area (Å²) in [5.41, 5.74) is 1.74. The summed E-state index contributed by atoms with van der Waals surface area (Å²) in [6, 6.07) is 13.9. The zero-order valence-corrected chi connectivity index (χ0v) is 16.3. The van der Waals surface area contributed by atoms with E-state index in [0.717, 1.165) is 5.56 Å². The maximum Gasteiger partial charge on any atom is 0.335 e. The van der Waals surface area contributed by atoms with Gasteiger partial charge in [0, 0.05) is 19.5 Å². The Morgan fingerprint density at radius 3 is 2.76 bits per heavy atom. The molecule has 1 fully saturated rings. The molecule has 1 saturated heterocycles. The maximum atomic E-state index is 12.5. The van der Waals surface area contributed by atoms with Gasteiger partial charge in [-0.25, -0.2) is 4.79 Å². The zero-order valence-electron chi connectivity index (χ0n) is 16.3. The molecule has 1 aliphatic heterocycles. The Kier molecular flexibility index (Phi) is 6.49. The molecule has 29 heavy (non-hydrogen) atoms. The number of carboxylic acids is 1. The molecule has 0 aliphatic carbocycles. The summed E-state index contributed by atoms with van der Waals surface area (Å²) in [4.78, 5) is 37.6. The second-order valence-electron chi connectivity index (χ2n) is 6.85. The van der Waals surface area contributed by atoms with E-state index in [0.29, 0.717) is 37.6 Å². The van der Waals surface area contributed by atoms with E-state index >= 15 is 0 Å². The lowest BCUT2D eigenvalue weighted by atomic mass is 10.1. The molecule has 0 saturated carbocycles. The number of amides is 2. The van der Waals surface area contributed by atoms with Gasteiger partial charge in [0.2, 0.25) is 11.8 Å². The standard InChI is InChI=1S/C22H24N2O5/c1-2-29-19-9-4-3-8-18(19)24-14-17(13-20(24)25)21(26)23-11-10-15-6-5-7-16(12-15)22(27)28/h3-9,12,17H,2,10-11,13-14H2,1H3,(H,23,26)(H,27,28). The smallest absolute Gasteiger partial charge is 0.335 e. The Bertz CT molecular complexity index is 912. The highest BCUT2D eigenvalue weighted by molar-refractivity contribution is 6.01. The predicted molar refractivity (Wildman–Crippen MR) is 108 cm³/mol. The molecule has 2 amide bonds. The van der Waals surface area contributed by atoms with Crippen LogP contribution in [0.4, 0.5) is 5.69 Å². The largest absolute Gasteiger partial charge is 0.492 e. The van der Waals surface area contributed by atoms with Gasteiger partial charge in [-0.15, -0.1) is 0 Å². The Morgan fingerprint density at radius 2 is 2.00 bits per heavy atom. The number of aromatic carboxylic acids is 1. The molecule has 0 radical (unpaired) electrons. The number of hydrogen-bond donors (Lipinski definition) is 2. The highest BCUT2D eigenvalue weighted by atomic mass is 16.5. The molecule has 1 heterocycles. The monoisotopic (exact) mass is 396 g/mol. The summed E-state index contributed by atoms with van der Waals surface area (Å²) >= 11 is 0. The molecule has 2 aromatic carbocycles. The second kappa shape index (κ2) is 9.23. The zero-order chi connectivity index (χ0) is 20.8. The highest BCUT2D eigenvalue weighted by Crippen LogP contribution is 2.33. The fourth-order valence-corrected chi connectivity index (χ4v) is 3.41. The van der Waals surface area contributed by atoms with E-state index < -0.39 is 11.9 Å². The molecule has 3 rings (SSSR count). The number of nitrogens with one attached hydrogen (secondary N) is 1. The van der Waals surface area contributed by atoms with Crippen molar-refractivity contribution in [3.05, 3.63) is 59.7 Å². The van der Waals surface area contributed by atoms with Crippen LogP contribution in [0.25, 0.3) is 0 Å². The fourth-order valence-electron chi connectivity index (χ4n) is 3.41. The van der Waals surface area contributed by atoms with Crippen LogP contribution in [0.1, 0.15) is 29.3 Å². The van der Waals surface area contributed by atoms with Gasteiger partial charge in [-0.2, -0.15) is 0 Å². The van der Waals surface area contributed by atoms with Gasteiger partial charge in [0.15, 0.2) is 0 Å². The van der Waals surface area contributed by atoms with Gasteiger partial charge in [-0.05, 0) is 43.2 Å². The van der Waals surface area contributed by atoms with Crippen molar-refractivity contribution in [3.8, 4) is 5.75 Å². The van der Waals surface area contributed by atoms with Gasteiger partial charge in [0.25, 0.3) is 0 Å². The number of nitrogens with zero attached hydrogens (tertiary/aromatic N) is 1. The second-order valence-corrected chi connectivity index (χ2v) is 6.85. The summed E-state index contributed by atoms with van der Waals surface area (Å²) in [6.07, 6.45) is 0.672. The Balaban J connectivity index is 1.57. The van der Waals surface area contributed by atoms with Gasteiger partial charge in [0.05, 0.1) is 23.8 Å². The molecular formula is C22H24N2O5. The first-order valence-corrected chi connectivity index (χ1v) is 9.61. The summed E-state index contributed by atoms with van der Waals surface area (Å²) in [7, 11) is 0. The van der Waals surface area contributed by atoms with Crippen molar-refractivity contribution in [2.75, 3.05) is 24.6 Å². The summed E-state index contributed by atoms with van der Waals surface area (Å²) < 4.78 is 5.60. The van der Waals surface area contributed by atoms with Crippen LogP contribution in [0.5, 0.6) is 5.75 Å². The number of rotatable bonds is 8. The summed E-state index contributed by atoms with van der Waals surface area (Å²) in [5, 5.41) is 11.9. The minimum absolute atomic E-state index is 0.105. The number of para-hydroxylation sites is 2. The third kappa shape index (κ3) is 4.93. The van der Waals surface area contributed by atoms with Gasteiger partial charge in [0.1, 0.15) is 5.75 Å². The number of anilines is 1. The van der Waals surface area contributed by atoms with Crippen LogP contribution in [0.2, 0.25) is 0 Å². The fraction of sp³-hybridized carbons (Fsp3) is 0.318. The van der Waals surface area contributed by atoms with Crippen LogP contribution in [0.15, 0.2) is 48.5 Å². The van der Waals surface area contributed by atoms with Gasteiger partial charge in [-0.3, -0.25) is 9.59 Å². The van der Waals surface area contributed by atoms with Gasteiger partial charge < -0.3 is 20.1 Å². The molecule has 0 bridgehead atoms. The Morgan fingerprint density at radius 1 is 1.21 bits per heavy atom. The topological polar surface area (TPSA) is 95.9 Å². The number of benzene rings is 2. The van der Waals surface area contributed by atoms with Crippen molar-refractivity contribution in [3.63, 3.8) is 0 Å². The molecule has 1 aliphatic rings. The van der Waals surface area contributed by atoms with Crippen LogP contribution in [-0.4, -0.2) is 42.6 Å². The quantitative estimate of drug-likeness (QED) is 0.715. The third-order valence-electron chi connectivity index (χ3n) is 4.84. The number of carbonyl (C=O) groups excluding carboxylic acids is 2. The molecule has 2 aromatic rings. The number of ether oxygens (including phenoxy) is 1. The molecule has 7 nitrogen and oxygen atoms in total. The molecule has 7 heteroatoms. The van der Waals surface area contributed by atoms with Crippen LogP contribution in [0, 0.1) is 5.92 Å². The van der Waals surface area contributed by atoms with E-state index in [9.17, 15) is 14.4 Å². The molecule has 0 aromatic heterocycles. The average Bonchev–Trinajstić information content (AvgIpc) is 3.10. The highest BCUT2D eigenvalue weighted by Gasteiger charge is 2.36. The first kappa shape index (κ1) is 20.4. The molecule has 152 valence electrons. The van der Waals surface area contributed by atoms with E-state index in [-0.39, 0.29) is 23.8 Å². The van der Waals surface area contributed by atoms with Crippen molar-refractivity contribution in [2.24, 2.45) is 5.92 Å². The maximum absolute atomic E-state index is 12.5. The molecule has 2 N–H and O–H groups in total. The van der Waals surface area contributed by atoms with E-state index in [1.807, 2.05) is 37.3 Å². The van der Waals surface area contributed by atoms with Crippen LogP contribution >= 0.6 is 0 Å². The van der Waals surface area contributed by atoms with Crippen molar-refractivity contribution in [1.29, 1.82) is 0 Å². The molecule has 0 spiro atoms. The van der Waals surface area contributed by atoms with Crippen molar-refractivity contribution >= 4 is 23.5 Å². The summed E-state index contributed by atoms with van der Waals surface area (Å²) in [6.45, 7) is 3.06. The average molecular weight is 396 g/mol. The first-order chi connectivity index (χ1) is 14.0. The number of carbonyl (C=O) groups is 3. The van der Waals surface area contributed by atoms with E-state index in [2.05, 4.69) is 5.32 Å². The number of carboxylic acid groups (broad SMARTS) is 1. The third-order valence-corrected chi connectivity index (χ3v) is 4.84. The minimum atomic E-state index is -0.979. The van der Waals surface area contributed by atoms with Crippen molar-refractivity contribution < 1.29 is 24.2 Å². The van der Waals surface area contributed by atoms with Crippen LogP contribution < -0.4 is 15.0 Å². The molecule has 1 unspecified atom stereocenters. The molecule has 1 atom stereocenters. The lowest BCUT2D eigenvalue weighted by Crippen LogP contribution is -2.34.